The molecular weight excluding hydrogens is 212 g/mol. The summed E-state index contributed by atoms with van der Waals surface area (Å²) >= 11 is 0. The molecule has 0 aromatic heterocycles. The molecular formula is C15H32O2. The van der Waals surface area contributed by atoms with Crippen molar-refractivity contribution in [1.29, 1.82) is 0 Å². The maximum absolute atomic E-state index is 8.68. The van der Waals surface area contributed by atoms with Crippen molar-refractivity contribution < 1.29 is 9.84 Å². The molecule has 0 aliphatic heterocycles. The normalized spacial score (nSPS) is 12.9. The van der Waals surface area contributed by atoms with Crippen LogP contribution in [0.1, 0.15) is 71.6 Å². The van der Waals surface area contributed by atoms with E-state index in [0.29, 0.717) is 12.5 Å². The third-order valence-electron chi connectivity index (χ3n) is 3.25. The molecule has 104 valence electrons. The lowest BCUT2D eigenvalue weighted by Crippen LogP contribution is -2.11. The van der Waals surface area contributed by atoms with Gasteiger partial charge in [0.25, 0.3) is 0 Å². The van der Waals surface area contributed by atoms with Gasteiger partial charge >= 0.3 is 0 Å². The number of ether oxygens (including phenoxy) is 1. The molecule has 1 N–H and O–H groups in total. The van der Waals surface area contributed by atoms with Crippen LogP contribution >= 0.6 is 0 Å². The predicted octanol–water partition coefficient (Wildman–Crippen LogP) is 4.16. The van der Waals surface area contributed by atoms with Gasteiger partial charge in [0.15, 0.2) is 0 Å². The van der Waals surface area contributed by atoms with Crippen LogP contribution in [0.5, 0.6) is 0 Å². The van der Waals surface area contributed by atoms with Gasteiger partial charge in [-0.3, -0.25) is 0 Å². The standard InChI is InChI=1S/C15H32O2/c1-3-5-6-7-8-9-11-15(10-4-2)14-17-13-12-16/h15-16H,3-14H2,1-2H3. The number of hydrogen-bond donors (Lipinski definition) is 1. The summed E-state index contributed by atoms with van der Waals surface area (Å²) in [6.45, 7) is 5.98. The van der Waals surface area contributed by atoms with E-state index in [4.69, 9.17) is 9.84 Å². The van der Waals surface area contributed by atoms with Crippen LogP contribution in [0.2, 0.25) is 0 Å². The molecule has 0 aromatic carbocycles. The van der Waals surface area contributed by atoms with Gasteiger partial charge in [0.05, 0.1) is 13.2 Å². The molecule has 0 aliphatic rings. The molecule has 0 radical (unpaired) electrons. The first-order chi connectivity index (χ1) is 8.35. The van der Waals surface area contributed by atoms with Gasteiger partial charge in [-0.05, 0) is 18.8 Å². The van der Waals surface area contributed by atoms with Crippen LogP contribution in [-0.4, -0.2) is 24.9 Å². The Morgan fingerprint density at radius 2 is 1.59 bits per heavy atom. The molecule has 0 heterocycles. The summed E-state index contributed by atoms with van der Waals surface area (Å²) in [5.74, 6) is 0.706. The lowest BCUT2D eigenvalue weighted by Gasteiger charge is -2.15. The van der Waals surface area contributed by atoms with E-state index >= 15 is 0 Å². The lowest BCUT2D eigenvalue weighted by molar-refractivity contribution is 0.0625. The lowest BCUT2D eigenvalue weighted by atomic mass is 9.97. The van der Waals surface area contributed by atoms with Crippen molar-refractivity contribution in [3.05, 3.63) is 0 Å². The maximum Gasteiger partial charge on any atom is 0.0697 e. The molecule has 0 rings (SSSR count). The molecule has 0 saturated carbocycles. The third-order valence-corrected chi connectivity index (χ3v) is 3.25. The summed E-state index contributed by atoms with van der Waals surface area (Å²) in [6.07, 6.45) is 12.0. The van der Waals surface area contributed by atoms with Crippen molar-refractivity contribution in [2.75, 3.05) is 19.8 Å². The number of hydrogen-bond acceptors (Lipinski definition) is 2. The topological polar surface area (TPSA) is 29.5 Å². The molecule has 0 aromatic rings. The highest BCUT2D eigenvalue weighted by Crippen LogP contribution is 2.17. The minimum absolute atomic E-state index is 0.149. The number of aliphatic hydroxyl groups excluding tert-OH is 1. The minimum Gasteiger partial charge on any atom is -0.394 e. The van der Waals surface area contributed by atoms with E-state index in [-0.39, 0.29) is 6.61 Å². The summed E-state index contributed by atoms with van der Waals surface area (Å²) < 4.78 is 5.44. The van der Waals surface area contributed by atoms with E-state index in [1.807, 2.05) is 0 Å². The third kappa shape index (κ3) is 12.2. The van der Waals surface area contributed by atoms with E-state index in [2.05, 4.69) is 13.8 Å². The van der Waals surface area contributed by atoms with Gasteiger partial charge in [-0.25, -0.2) is 0 Å². The second kappa shape index (κ2) is 14.0. The van der Waals surface area contributed by atoms with E-state index in [1.54, 1.807) is 0 Å². The molecule has 0 bridgehead atoms. The average molecular weight is 244 g/mol. The first-order valence-electron chi connectivity index (χ1n) is 7.53. The van der Waals surface area contributed by atoms with Crippen molar-refractivity contribution in [3.8, 4) is 0 Å². The zero-order valence-electron chi connectivity index (χ0n) is 11.9. The number of aliphatic hydroxyl groups is 1. The van der Waals surface area contributed by atoms with Crippen molar-refractivity contribution in [3.63, 3.8) is 0 Å². The second-order valence-corrected chi connectivity index (χ2v) is 5.01. The Hall–Kier alpha value is -0.0800. The van der Waals surface area contributed by atoms with Crippen LogP contribution in [0.15, 0.2) is 0 Å². The van der Waals surface area contributed by atoms with Crippen LogP contribution in [0, 0.1) is 5.92 Å². The Kier molecular flexibility index (Phi) is 13.9. The van der Waals surface area contributed by atoms with Crippen LogP contribution in [0.3, 0.4) is 0 Å². The molecule has 2 nitrogen and oxygen atoms in total. The molecule has 0 saturated heterocycles. The van der Waals surface area contributed by atoms with E-state index in [1.165, 1.54) is 57.8 Å². The quantitative estimate of drug-likeness (QED) is 0.493. The summed E-state index contributed by atoms with van der Waals surface area (Å²) in [7, 11) is 0. The predicted molar refractivity (Wildman–Crippen MR) is 74.3 cm³/mol. The molecule has 17 heavy (non-hydrogen) atoms. The average Bonchev–Trinajstić information content (AvgIpc) is 2.34. The van der Waals surface area contributed by atoms with Crippen LogP contribution in [-0.2, 0) is 4.74 Å². The van der Waals surface area contributed by atoms with Crippen LogP contribution < -0.4 is 0 Å². The highest BCUT2D eigenvalue weighted by Gasteiger charge is 2.07. The Balaban J connectivity index is 3.41. The largest absolute Gasteiger partial charge is 0.394 e. The van der Waals surface area contributed by atoms with Gasteiger partial charge in [-0.1, -0.05) is 58.8 Å². The molecule has 0 spiro atoms. The SMILES string of the molecule is CCCCCCCCC(CCC)COCCO. The first-order valence-corrected chi connectivity index (χ1v) is 7.53. The van der Waals surface area contributed by atoms with Gasteiger partial charge in [0.2, 0.25) is 0 Å². The maximum atomic E-state index is 8.68. The van der Waals surface area contributed by atoms with Crippen LogP contribution in [0.4, 0.5) is 0 Å². The summed E-state index contributed by atoms with van der Waals surface area (Å²) in [5.41, 5.74) is 0. The zero-order valence-corrected chi connectivity index (χ0v) is 11.9. The smallest absolute Gasteiger partial charge is 0.0697 e. The second-order valence-electron chi connectivity index (χ2n) is 5.01. The number of rotatable bonds is 13. The fourth-order valence-corrected chi connectivity index (χ4v) is 2.25. The van der Waals surface area contributed by atoms with E-state index in [9.17, 15) is 0 Å². The van der Waals surface area contributed by atoms with Crippen molar-refractivity contribution in [2.24, 2.45) is 5.92 Å². The molecule has 1 atom stereocenters. The molecule has 0 amide bonds. The monoisotopic (exact) mass is 244 g/mol. The fraction of sp³-hybridized carbons (Fsp3) is 1.00. The minimum atomic E-state index is 0.149. The van der Waals surface area contributed by atoms with Crippen molar-refractivity contribution in [2.45, 2.75) is 71.6 Å². The van der Waals surface area contributed by atoms with Gasteiger partial charge in [-0.2, -0.15) is 0 Å². The summed E-state index contributed by atoms with van der Waals surface area (Å²) in [6, 6.07) is 0. The highest BCUT2D eigenvalue weighted by molar-refractivity contribution is 4.58. The van der Waals surface area contributed by atoms with Gasteiger partial charge in [0.1, 0.15) is 0 Å². The fourth-order valence-electron chi connectivity index (χ4n) is 2.25. The van der Waals surface area contributed by atoms with Gasteiger partial charge < -0.3 is 9.84 Å². The molecule has 1 unspecified atom stereocenters. The molecule has 0 aliphatic carbocycles. The van der Waals surface area contributed by atoms with Crippen LogP contribution in [0.25, 0.3) is 0 Å². The Morgan fingerprint density at radius 1 is 0.882 bits per heavy atom. The van der Waals surface area contributed by atoms with E-state index < -0.39 is 0 Å². The number of unbranched alkanes of at least 4 members (excludes halogenated alkanes) is 5. The van der Waals surface area contributed by atoms with Crippen molar-refractivity contribution >= 4 is 0 Å². The molecule has 2 heteroatoms. The zero-order chi connectivity index (χ0) is 12.8. The summed E-state index contributed by atoms with van der Waals surface area (Å²) in [5, 5.41) is 8.68. The van der Waals surface area contributed by atoms with Crippen molar-refractivity contribution in [1.82, 2.24) is 0 Å². The van der Waals surface area contributed by atoms with Gasteiger partial charge in [0, 0.05) is 6.61 Å². The molecule has 0 fully saturated rings. The highest BCUT2D eigenvalue weighted by atomic mass is 16.5. The first kappa shape index (κ1) is 16.9. The Bertz CT molecular complexity index is 137. The van der Waals surface area contributed by atoms with E-state index in [0.717, 1.165) is 6.61 Å². The Labute approximate surface area is 108 Å². The summed E-state index contributed by atoms with van der Waals surface area (Å²) in [4.78, 5) is 0. The van der Waals surface area contributed by atoms with Gasteiger partial charge in [-0.15, -0.1) is 0 Å². The Morgan fingerprint density at radius 3 is 2.24 bits per heavy atom.